The van der Waals surface area contributed by atoms with Gasteiger partial charge in [0.05, 0.1) is 0 Å². The van der Waals surface area contributed by atoms with E-state index in [-0.39, 0.29) is 5.41 Å². The van der Waals surface area contributed by atoms with E-state index >= 15 is 0 Å². The van der Waals surface area contributed by atoms with Gasteiger partial charge in [0.2, 0.25) is 0 Å². The summed E-state index contributed by atoms with van der Waals surface area (Å²) in [7, 11) is 1.90. The molecular weight excluding hydrogens is 262 g/mol. The van der Waals surface area contributed by atoms with Gasteiger partial charge in [-0.15, -0.1) is 0 Å². The minimum absolute atomic E-state index is 0.0495. The maximum absolute atomic E-state index is 4.68. The Kier molecular flexibility index (Phi) is 5.04. The lowest BCUT2D eigenvalue weighted by Crippen LogP contribution is -2.34. The molecule has 1 fully saturated rings. The molecule has 1 saturated heterocycles. The van der Waals surface area contributed by atoms with Crippen molar-refractivity contribution < 1.29 is 0 Å². The Bertz CT molecular complexity index is 466. The van der Waals surface area contributed by atoms with Crippen molar-refractivity contribution in [3.8, 4) is 0 Å². The third-order valence-electron chi connectivity index (χ3n) is 4.08. The quantitative estimate of drug-likeness (QED) is 0.873. The second kappa shape index (κ2) is 6.60. The monoisotopic (exact) mass is 291 g/mol. The molecule has 0 spiro atoms. The van der Waals surface area contributed by atoms with Crippen LogP contribution in [0.2, 0.25) is 0 Å². The molecule has 5 heteroatoms. The van der Waals surface area contributed by atoms with Crippen LogP contribution in [0.15, 0.2) is 6.07 Å². The highest BCUT2D eigenvalue weighted by molar-refractivity contribution is 5.48. The minimum atomic E-state index is -0.0495. The van der Waals surface area contributed by atoms with Crippen LogP contribution in [0.25, 0.3) is 0 Å². The van der Waals surface area contributed by atoms with Gasteiger partial charge in [-0.1, -0.05) is 27.7 Å². The van der Waals surface area contributed by atoms with Gasteiger partial charge < -0.3 is 10.6 Å². The van der Waals surface area contributed by atoms with E-state index in [4.69, 9.17) is 0 Å². The largest absolute Gasteiger partial charge is 0.373 e. The molecular formula is C16H29N5. The summed E-state index contributed by atoms with van der Waals surface area (Å²) >= 11 is 0. The number of rotatable bonds is 5. The van der Waals surface area contributed by atoms with Crippen LogP contribution in [0, 0.1) is 0 Å². The number of nitrogens with one attached hydrogen (secondary N) is 2. The van der Waals surface area contributed by atoms with E-state index in [2.05, 4.69) is 53.2 Å². The fourth-order valence-electron chi connectivity index (χ4n) is 2.77. The van der Waals surface area contributed by atoms with Gasteiger partial charge in [-0.05, 0) is 25.9 Å². The molecule has 0 aliphatic carbocycles. The number of likely N-dealkylation sites (N-methyl/N-ethyl adjacent to an activating group) is 1. The number of likely N-dealkylation sites (tertiary alicyclic amines) is 1. The summed E-state index contributed by atoms with van der Waals surface area (Å²) < 4.78 is 0. The first-order valence-corrected chi connectivity index (χ1v) is 7.99. The van der Waals surface area contributed by atoms with Gasteiger partial charge >= 0.3 is 0 Å². The zero-order chi connectivity index (χ0) is 15.5. The van der Waals surface area contributed by atoms with Crippen LogP contribution in [0.4, 0.5) is 11.6 Å². The van der Waals surface area contributed by atoms with E-state index in [9.17, 15) is 0 Å². The third-order valence-corrected chi connectivity index (χ3v) is 4.08. The Hall–Kier alpha value is -1.36. The van der Waals surface area contributed by atoms with E-state index in [1.807, 2.05) is 13.1 Å². The van der Waals surface area contributed by atoms with Crippen molar-refractivity contribution in [1.29, 1.82) is 0 Å². The Morgan fingerprint density at radius 1 is 1.29 bits per heavy atom. The highest BCUT2D eigenvalue weighted by atomic mass is 15.2. The summed E-state index contributed by atoms with van der Waals surface area (Å²) in [4.78, 5) is 11.8. The topological polar surface area (TPSA) is 53.1 Å². The lowest BCUT2D eigenvalue weighted by molar-refractivity contribution is 0.277. The fraction of sp³-hybridized carbons (Fsp3) is 0.750. The second-order valence-corrected chi connectivity index (χ2v) is 6.77. The zero-order valence-electron chi connectivity index (χ0n) is 14.0. The summed E-state index contributed by atoms with van der Waals surface area (Å²) in [6.07, 6.45) is 2.58. The van der Waals surface area contributed by atoms with Crippen molar-refractivity contribution in [1.82, 2.24) is 14.9 Å². The van der Waals surface area contributed by atoms with Crippen LogP contribution in [-0.4, -0.2) is 47.6 Å². The average molecular weight is 291 g/mol. The van der Waals surface area contributed by atoms with Gasteiger partial charge in [-0.2, -0.15) is 0 Å². The van der Waals surface area contributed by atoms with Gasteiger partial charge in [0.25, 0.3) is 0 Å². The maximum atomic E-state index is 4.68. The first-order chi connectivity index (χ1) is 9.94. The van der Waals surface area contributed by atoms with Crippen molar-refractivity contribution in [2.75, 3.05) is 37.3 Å². The standard InChI is InChI=1S/C16H29N5/c1-6-21-9-7-8-12(21)11-18-14-10-13(17-5)19-15(20-14)16(2,3)4/h10,12H,6-9,11H2,1-5H3,(H2,17,18,19,20). The first kappa shape index (κ1) is 16.0. The van der Waals surface area contributed by atoms with E-state index in [0.29, 0.717) is 6.04 Å². The second-order valence-electron chi connectivity index (χ2n) is 6.77. The van der Waals surface area contributed by atoms with Crippen molar-refractivity contribution in [2.45, 2.75) is 52.0 Å². The van der Waals surface area contributed by atoms with Crippen LogP contribution in [-0.2, 0) is 5.41 Å². The molecule has 2 N–H and O–H groups in total. The lowest BCUT2D eigenvalue weighted by Gasteiger charge is -2.24. The predicted molar refractivity (Wildman–Crippen MR) is 89.0 cm³/mol. The van der Waals surface area contributed by atoms with Crippen LogP contribution in [0.3, 0.4) is 0 Å². The maximum Gasteiger partial charge on any atom is 0.138 e. The summed E-state index contributed by atoms with van der Waals surface area (Å²) in [5.41, 5.74) is -0.0495. The normalized spacial score (nSPS) is 19.8. The van der Waals surface area contributed by atoms with E-state index in [1.54, 1.807) is 0 Å². The highest BCUT2D eigenvalue weighted by Crippen LogP contribution is 2.23. The number of aromatic nitrogens is 2. The van der Waals surface area contributed by atoms with Gasteiger partial charge in [0, 0.05) is 31.1 Å². The van der Waals surface area contributed by atoms with Gasteiger partial charge in [0.15, 0.2) is 0 Å². The van der Waals surface area contributed by atoms with Crippen molar-refractivity contribution in [3.63, 3.8) is 0 Å². The zero-order valence-corrected chi connectivity index (χ0v) is 14.0. The van der Waals surface area contributed by atoms with Crippen LogP contribution < -0.4 is 10.6 Å². The molecule has 118 valence electrons. The Morgan fingerprint density at radius 3 is 2.62 bits per heavy atom. The third kappa shape index (κ3) is 4.06. The van der Waals surface area contributed by atoms with Crippen LogP contribution in [0.1, 0.15) is 46.4 Å². The van der Waals surface area contributed by atoms with Crippen LogP contribution in [0.5, 0.6) is 0 Å². The van der Waals surface area contributed by atoms with Gasteiger partial charge in [0.1, 0.15) is 17.5 Å². The molecule has 1 aliphatic rings. The Balaban J connectivity index is 2.09. The summed E-state index contributed by atoms with van der Waals surface area (Å²) in [5, 5.41) is 6.63. The van der Waals surface area contributed by atoms with Gasteiger partial charge in [-0.3, -0.25) is 4.90 Å². The molecule has 0 bridgehead atoms. The van der Waals surface area contributed by atoms with Crippen LogP contribution >= 0.6 is 0 Å². The van der Waals surface area contributed by atoms with E-state index in [0.717, 1.165) is 30.5 Å². The molecule has 1 aromatic heterocycles. The summed E-state index contributed by atoms with van der Waals surface area (Å²) in [6, 6.07) is 2.61. The smallest absolute Gasteiger partial charge is 0.138 e. The number of hydrogen-bond donors (Lipinski definition) is 2. The molecule has 0 radical (unpaired) electrons. The van der Waals surface area contributed by atoms with E-state index < -0.39 is 0 Å². The molecule has 2 heterocycles. The predicted octanol–water partition coefficient (Wildman–Crippen LogP) is 2.71. The molecule has 2 rings (SSSR count). The summed E-state index contributed by atoms with van der Waals surface area (Å²) in [5.74, 6) is 2.66. The SMILES string of the molecule is CCN1CCCC1CNc1cc(NC)nc(C(C)(C)C)n1. The molecule has 1 atom stereocenters. The molecule has 0 amide bonds. The van der Waals surface area contributed by atoms with E-state index in [1.165, 1.54) is 19.4 Å². The van der Waals surface area contributed by atoms with Crippen molar-refractivity contribution in [3.05, 3.63) is 11.9 Å². The molecule has 0 aromatic carbocycles. The molecule has 1 aliphatic heterocycles. The number of hydrogen-bond acceptors (Lipinski definition) is 5. The first-order valence-electron chi connectivity index (χ1n) is 7.99. The highest BCUT2D eigenvalue weighted by Gasteiger charge is 2.23. The Labute approximate surface area is 128 Å². The molecule has 5 nitrogen and oxygen atoms in total. The fourth-order valence-corrected chi connectivity index (χ4v) is 2.77. The molecule has 21 heavy (non-hydrogen) atoms. The molecule has 1 unspecified atom stereocenters. The average Bonchev–Trinajstić information content (AvgIpc) is 2.91. The molecule has 1 aromatic rings. The lowest BCUT2D eigenvalue weighted by atomic mass is 9.96. The molecule has 0 saturated carbocycles. The Morgan fingerprint density at radius 2 is 2.00 bits per heavy atom. The number of nitrogens with zero attached hydrogens (tertiary/aromatic N) is 3. The number of anilines is 2. The van der Waals surface area contributed by atoms with Crippen molar-refractivity contribution >= 4 is 11.6 Å². The van der Waals surface area contributed by atoms with Crippen molar-refractivity contribution in [2.24, 2.45) is 0 Å². The summed E-state index contributed by atoms with van der Waals surface area (Å²) in [6.45, 7) is 12.0. The van der Waals surface area contributed by atoms with Gasteiger partial charge in [-0.25, -0.2) is 9.97 Å². The minimum Gasteiger partial charge on any atom is -0.373 e.